The fraction of sp³-hybridized carbons (Fsp3) is 0.133. The molecule has 0 aliphatic rings. The van der Waals surface area contributed by atoms with Crippen molar-refractivity contribution in [1.29, 1.82) is 0 Å². The van der Waals surface area contributed by atoms with Gasteiger partial charge in [-0.3, -0.25) is 4.79 Å². The zero-order valence-corrected chi connectivity index (χ0v) is 13.1. The van der Waals surface area contributed by atoms with Crippen LogP contribution in [0.4, 0.5) is 15.8 Å². The van der Waals surface area contributed by atoms with Crippen LogP contribution in [0, 0.1) is 12.7 Å². The third kappa shape index (κ3) is 3.33. The number of rotatable bonds is 3. The van der Waals surface area contributed by atoms with Crippen molar-refractivity contribution in [3.05, 3.63) is 51.7 Å². The van der Waals surface area contributed by atoms with Crippen LogP contribution in [-0.4, -0.2) is 13.0 Å². The Bertz CT molecular complexity index is 704. The lowest BCUT2D eigenvalue weighted by atomic mass is 10.1. The molecular weight excluding hydrogens is 339 g/mol. The number of ether oxygens (including phenoxy) is 1. The number of amides is 1. The lowest BCUT2D eigenvalue weighted by Gasteiger charge is -2.11. The molecule has 0 atom stereocenters. The molecule has 0 radical (unpaired) electrons. The number of halogens is 2. The Labute approximate surface area is 130 Å². The summed E-state index contributed by atoms with van der Waals surface area (Å²) in [6.07, 6.45) is 0. The minimum atomic E-state index is -0.537. The Hall–Kier alpha value is -2.08. The number of nitrogens with one attached hydrogen (secondary N) is 1. The zero-order valence-electron chi connectivity index (χ0n) is 11.5. The van der Waals surface area contributed by atoms with E-state index in [1.165, 1.54) is 25.3 Å². The van der Waals surface area contributed by atoms with Gasteiger partial charge in [0.05, 0.1) is 12.8 Å². The predicted molar refractivity (Wildman–Crippen MR) is 84.2 cm³/mol. The highest BCUT2D eigenvalue weighted by molar-refractivity contribution is 9.10. The molecule has 0 unspecified atom stereocenters. The van der Waals surface area contributed by atoms with Crippen LogP contribution in [-0.2, 0) is 0 Å². The molecule has 0 bridgehead atoms. The number of carbonyl (C=O) groups excluding carboxylic acids is 1. The fourth-order valence-corrected chi connectivity index (χ4v) is 2.33. The molecule has 0 aliphatic heterocycles. The lowest BCUT2D eigenvalue weighted by Crippen LogP contribution is -2.15. The Morgan fingerprint density at radius 2 is 2.05 bits per heavy atom. The van der Waals surface area contributed by atoms with E-state index >= 15 is 0 Å². The van der Waals surface area contributed by atoms with Gasteiger partial charge in [0.25, 0.3) is 5.91 Å². The summed E-state index contributed by atoms with van der Waals surface area (Å²) in [5.41, 5.74) is 7.38. The van der Waals surface area contributed by atoms with E-state index < -0.39 is 11.7 Å². The molecule has 0 spiro atoms. The van der Waals surface area contributed by atoms with E-state index in [0.717, 1.165) is 0 Å². The molecule has 0 saturated carbocycles. The van der Waals surface area contributed by atoms with E-state index in [0.29, 0.717) is 27.0 Å². The van der Waals surface area contributed by atoms with Gasteiger partial charge in [0.15, 0.2) is 0 Å². The molecule has 6 heteroatoms. The number of anilines is 2. The van der Waals surface area contributed by atoms with Crippen LogP contribution in [0.15, 0.2) is 34.8 Å². The molecule has 4 nitrogen and oxygen atoms in total. The molecule has 2 rings (SSSR count). The van der Waals surface area contributed by atoms with Crippen molar-refractivity contribution in [2.75, 3.05) is 18.2 Å². The second-order valence-electron chi connectivity index (χ2n) is 4.47. The minimum absolute atomic E-state index is 0.0531. The van der Waals surface area contributed by atoms with Crippen molar-refractivity contribution in [2.45, 2.75) is 6.92 Å². The van der Waals surface area contributed by atoms with Crippen molar-refractivity contribution >= 4 is 33.2 Å². The van der Waals surface area contributed by atoms with Gasteiger partial charge in [0, 0.05) is 21.8 Å². The smallest absolute Gasteiger partial charge is 0.256 e. The zero-order chi connectivity index (χ0) is 15.6. The highest BCUT2D eigenvalue weighted by Crippen LogP contribution is 2.25. The third-order valence-corrected chi connectivity index (χ3v) is 3.54. The molecule has 2 aromatic carbocycles. The van der Waals surface area contributed by atoms with Crippen molar-refractivity contribution in [3.63, 3.8) is 0 Å². The van der Waals surface area contributed by atoms with Gasteiger partial charge < -0.3 is 15.8 Å². The molecular formula is C15H14BrFN2O2. The molecule has 21 heavy (non-hydrogen) atoms. The van der Waals surface area contributed by atoms with E-state index in [2.05, 4.69) is 21.2 Å². The maximum atomic E-state index is 13.7. The minimum Gasteiger partial charge on any atom is -0.497 e. The maximum absolute atomic E-state index is 13.7. The van der Waals surface area contributed by atoms with Crippen LogP contribution < -0.4 is 15.8 Å². The van der Waals surface area contributed by atoms with Crippen molar-refractivity contribution < 1.29 is 13.9 Å². The average Bonchev–Trinajstić information content (AvgIpc) is 2.45. The van der Waals surface area contributed by atoms with Gasteiger partial charge in [-0.25, -0.2) is 4.39 Å². The van der Waals surface area contributed by atoms with Crippen LogP contribution in [0.25, 0.3) is 0 Å². The number of hydrogen-bond donors (Lipinski definition) is 2. The summed E-state index contributed by atoms with van der Waals surface area (Å²) in [6.45, 7) is 1.73. The summed E-state index contributed by atoms with van der Waals surface area (Å²) in [6, 6.07) is 7.48. The topological polar surface area (TPSA) is 64.3 Å². The maximum Gasteiger partial charge on any atom is 0.256 e. The van der Waals surface area contributed by atoms with Gasteiger partial charge in [-0.1, -0.05) is 15.9 Å². The quantitative estimate of drug-likeness (QED) is 0.827. The summed E-state index contributed by atoms with van der Waals surface area (Å²) in [4.78, 5) is 12.3. The Kier molecular flexibility index (Phi) is 4.47. The van der Waals surface area contributed by atoms with Crippen molar-refractivity contribution in [2.24, 2.45) is 0 Å². The Morgan fingerprint density at radius 1 is 1.33 bits per heavy atom. The van der Waals surface area contributed by atoms with E-state index in [-0.39, 0.29) is 5.69 Å². The molecule has 3 N–H and O–H groups in total. The third-order valence-electron chi connectivity index (χ3n) is 3.08. The van der Waals surface area contributed by atoms with Crippen LogP contribution in [0.2, 0.25) is 0 Å². The average molecular weight is 353 g/mol. The predicted octanol–water partition coefficient (Wildman–Crippen LogP) is 3.74. The fourth-order valence-electron chi connectivity index (χ4n) is 1.85. The molecule has 110 valence electrons. The van der Waals surface area contributed by atoms with Crippen LogP contribution in [0.5, 0.6) is 5.75 Å². The first-order chi connectivity index (χ1) is 9.92. The number of nitrogen functional groups attached to an aromatic ring is 1. The number of methoxy groups -OCH3 is 1. The summed E-state index contributed by atoms with van der Waals surface area (Å²) >= 11 is 3.28. The largest absolute Gasteiger partial charge is 0.497 e. The van der Waals surface area contributed by atoms with Gasteiger partial charge in [0.1, 0.15) is 11.6 Å². The normalized spacial score (nSPS) is 10.3. The van der Waals surface area contributed by atoms with Crippen LogP contribution >= 0.6 is 15.9 Å². The van der Waals surface area contributed by atoms with Gasteiger partial charge in [-0.05, 0) is 36.8 Å². The first-order valence-electron chi connectivity index (χ1n) is 6.13. The second-order valence-corrected chi connectivity index (χ2v) is 5.38. The molecule has 2 aromatic rings. The van der Waals surface area contributed by atoms with Crippen molar-refractivity contribution in [3.8, 4) is 5.75 Å². The highest BCUT2D eigenvalue weighted by atomic mass is 79.9. The molecule has 1 amide bonds. The second kappa shape index (κ2) is 6.13. The summed E-state index contributed by atoms with van der Waals surface area (Å²) < 4.78 is 19.4. The summed E-state index contributed by atoms with van der Waals surface area (Å²) in [5.74, 6) is -0.519. The van der Waals surface area contributed by atoms with Crippen LogP contribution in [0.1, 0.15) is 15.9 Å². The first kappa shape index (κ1) is 15.3. The molecule has 0 saturated heterocycles. The van der Waals surface area contributed by atoms with Crippen molar-refractivity contribution in [1.82, 2.24) is 0 Å². The molecule has 0 aliphatic carbocycles. The van der Waals surface area contributed by atoms with Gasteiger partial charge in [0.2, 0.25) is 0 Å². The molecule has 0 aromatic heterocycles. The van der Waals surface area contributed by atoms with E-state index in [9.17, 15) is 9.18 Å². The molecule has 0 heterocycles. The summed E-state index contributed by atoms with van der Waals surface area (Å²) in [5, 5.41) is 2.53. The molecule has 0 fully saturated rings. The monoisotopic (exact) mass is 352 g/mol. The first-order valence-corrected chi connectivity index (χ1v) is 6.92. The van der Waals surface area contributed by atoms with Gasteiger partial charge in [-0.2, -0.15) is 0 Å². The van der Waals surface area contributed by atoms with E-state index in [1.54, 1.807) is 19.1 Å². The SMILES string of the molecule is COc1ccc(F)c(NC(=O)c2cc(Br)cc(N)c2C)c1. The Balaban J connectivity index is 2.34. The van der Waals surface area contributed by atoms with Crippen LogP contribution in [0.3, 0.4) is 0 Å². The lowest BCUT2D eigenvalue weighted by molar-refractivity contribution is 0.102. The number of nitrogens with two attached hydrogens (primary N) is 1. The van der Waals surface area contributed by atoms with Gasteiger partial charge in [-0.15, -0.1) is 0 Å². The van der Waals surface area contributed by atoms with E-state index in [4.69, 9.17) is 10.5 Å². The standard InChI is InChI=1S/C15H14BrFN2O2/c1-8-11(5-9(16)6-13(8)18)15(20)19-14-7-10(21-2)3-4-12(14)17/h3-7H,18H2,1-2H3,(H,19,20). The number of hydrogen-bond acceptors (Lipinski definition) is 3. The highest BCUT2D eigenvalue weighted by Gasteiger charge is 2.14. The van der Waals surface area contributed by atoms with E-state index in [1.807, 2.05) is 0 Å². The summed E-state index contributed by atoms with van der Waals surface area (Å²) in [7, 11) is 1.47. The van der Waals surface area contributed by atoms with Gasteiger partial charge >= 0.3 is 0 Å². The Morgan fingerprint density at radius 3 is 2.71 bits per heavy atom. The number of carbonyl (C=O) groups is 1. The number of benzene rings is 2.